The summed E-state index contributed by atoms with van der Waals surface area (Å²) in [6.07, 6.45) is 3.63. The summed E-state index contributed by atoms with van der Waals surface area (Å²) < 4.78 is 2.31. The largest absolute Gasteiger partial charge is 0.323 e. The molecule has 3 rings (SSSR count). The van der Waals surface area contributed by atoms with Crippen molar-refractivity contribution >= 4 is 22.6 Å². The highest BCUT2D eigenvalue weighted by molar-refractivity contribution is 6.16. The summed E-state index contributed by atoms with van der Waals surface area (Å²) in [6.45, 7) is 9.23. The van der Waals surface area contributed by atoms with Gasteiger partial charge < -0.3 is 4.57 Å². The van der Waals surface area contributed by atoms with Crippen LogP contribution < -0.4 is 0 Å². The highest BCUT2D eigenvalue weighted by atomic mass is 35.5. The van der Waals surface area contributed by atoms with Gasteiger partial charge in [0.1, 0.15) is 11.3 Å². The zero-order valence-corrected chi connectivity index (χ0v) is 12.0. The molecule has 0 radical (unpaired) electrons. The van der Waals surface area contributed by atoms with E-state index in [2.05, 4.69) is 42.2 Å². The molecule has 0 aliphatic heterocycles. The summed E-state index contributed by atoms with van der Waals surface area (Å²) in [6, 6.07) is 2.48. The van der Waals surface area contributed by atoms with Crippen LogP contribution in [-0.2, 0) is 5.88 Å². The van der Waals surface area contributed by atoms with Gasteiger partial charge in [-0.05, 0) is 16.9 Å². The van der Waals surface area contributed by atoms with Gasteiger partial charge in [0.25, 0.3) is 0 Å². The number of imidazole rings is 1. The second-order valence-electron chi connectivity index (χ2n) is 6.24. The van der Waals surface area contributed by atoms with Gasteiger partial charge in [0.15, 0.2) is 0 Å². The van der Waals surface area contributed by atoms with Crippen molar-refractivity contribution in [2.75, 3.05) is 0 Å². The van der Waals surface area contributed by atoms with Crippen molar-refractivity contribution in [3.8, 4) is 0 Å². The molecule has 2 aromatic heterocycles. The Bertz CT molecular complexity index is 599. The lowest BCUT2D eigenvalue weighted by molar-refractivity contribution is 0.457. The third-order valence-corrected chi connectivity index (χ3v) is 5.13. The van der Waals surface area contributed by atoms with Gasteiger partial charge in [0, 0.05) is 12.2 Å². The van der Waals surface area contributed by atoms with Crippen LogP contribution >= 0.6 is 11.6 Å². The first-order valence-electron chi connectivity index (χ1n) is 6.28. The van der Waals surface area contributed by atoms with E-state index in [1.54, 1.807) is 0 Å². The number of nitrogens with zero attached hydrogens (tertiary/aromatic N) is 3. The number of halogens is 1. The lowest BCUT2D eigenvalue weighted by Crippen LogP contribution is -2.05. The van der Waals surface area contributed by atoms with Gasteiger partial charge in [-0.15, -0.1) is 11.6 Å². The third kappa shape index (κ3) is 1.31. The van der Waals surface area contributed by atoms with Crippen LogP contribution in [-0.4, -0.2) is 14.5 Å². The van der Waals surface area contributed by atoms with Gasteiger partial charge in [0.2, 0.25) is 0 Å². The van der Waals surface area contributed by atoms with Gasteiger partial charge in [-0.1, -0.05) is 27.7 Å². The fourth-order valence-corrected chi connectivity index (χ4v) is 3.38. The van der Waals surface area contributed by atoms with Crippen molar-refractivity contribution < 1.29 is 0 Å². The average Bonchev–Trinajstić information content (AvgIpc) is 2.62. The number of hydrogen-bond donors (Lipinski definition) is 0. The predicted molar refractivity (Wildman–Crippen MR) is 73.7 cm³/mol. The van der Waals surface area contributed by atoms with Crippen molar-refractivity contribution in [1.29, 1.82) is 0 Å². The maximum Gasteiger partial charge on any atom is 0.125 e. The van der Waals surface area contributed by atoms with E-state index in [0.29, 0.717) is 11.9 Å². The molecule has 4 heteroatoms. The van der Waals surface area contributed by atoms with Crippen molar-refractivity contribution in [2.45, 2.75) is 39.6 Å². The molecule has 0 spiro atoms. The lowest BCUT2D eigenvalue weighted by Gasteiger charge is -2.09. The molecule has 0 N–H and O–H groups in total. The van der Waals surface area contributed by atoms with Gasteiger partial charge in [-0.25, -0.2) is 4.98 Å². The maximum absolute atomic E-state index is 6.06. The summed E-state index contributed by atoms with van der Waals surface area (Å²) in [5, 5.41) is 0. The van der Waals surface area contributed by atoms with Gasteiger partial charge in [-0.2, -0.15) is 0 Å². The van der Waals surface area contributed by atoms with E-state index in [4.69, 9.17) is 11.6 Å². The zero-order chi connectivity index (χ0) is 13.1. The first-order valence-corrected chi connectivity index (χ1v) is 6.81. The second kappa shape index (κ2) is 3.47. The quantitative estimate of drug-likeness (QED) is 0.772. The van der Waals surface area contributed by atoms with E-state index in [0.717, 1.165) is 16.9 Å². The lowest BCUT2D eigenvalue weighted by atomic mass is 10.0. The molecule has 2 heterocycles. The van der Waals surface area contributed by atoms with Crippen molar-refractivity contribution in [2.24, 2.45) is 10.8 Å². The van der Waals surface area contributed by atoms with Crippen LogP contribution in [0, 0.1) is 10.8 Å². The Labute approximate surface area is 112 Å². The molecule has 0 aromatic carbocycles. The zero-order valence-electron chi connectivity index (χ0n) is 11.2. The molecule has 1 fully saturated rings. The summed E-state index contributed by atoms with van der Waals surface area (Å²) in [5.41, 5.74) is 2.62. The number of rotatable bonds is 2. The molecule has 0 saturated heterocycles. The standard InChI is InChI=1S/C14H18ClN3/c1-13(2)12(14(13,3)4)18-10-5-6-16-8-9(10)17-11(18)7-15/h5-6,8,12H,7H2,1-4H3. The summed E-state index contributed by atoms with van der Waals surface area (Å²) in [5.74, 6) is 1.39. The molecule has 1 aliphatic carbocycles. The van der Waals surface area contributed by atoms with Crippen LogP contribution in [0.25, 0.3) is 11.0 Å². The minimum absolute atomic E-state index is 0.269. The minimum Gasteiger partial charge on any atom is -0.323 e. The maximum atomic E-state index is 6.06. The van der Waals surface area contributed by atoms with Crippen molar-refractivity contribution in [3.63, 3.8) is 0 Å². The summed E-state index contributed by atoms with van der Waals surface area (Å²) >= 11 is 6.06. The molecular weight excluding hydrogens is 246 g/mol. The van der Waals surface area contributed by atoms with E-state index in [9.17, 15) is 0 Å². The van der Waals surface area contributed by atoms with Crippen LogP contribution in [0.15, 0.2) is 18.5 Å². The molecule has 0 amide bonds. The molecule has 0 atom stereocenters. The van der Waals surface area contributed by atoms with Crippen LogP contribution in [0.2, 0.25) is 0 Å². The van der Waals surface area contributed by atoms with E-state index in [-0.39, 0.29) is 10.8 Å². The Hall–Kier alpha value is -1.09. The summed E-state index contributed by atoms with van der Waals surface area (Å²) in [7, 11) is 0. The molecule has 1 aliphatic rings. The molecular formula is C14H18ClN3. The van der Waals surface area contributed by atoms with Crippen LogP contribution in [0.3, 0.4) is 0 Å². The Morgan fingerprint density at radius 2 is 1.94 bits per heavy atom. The van der Waals surface area contributed by atoms with Crippen molar-refractivity contribution in [1.82, 2.24) is 14.5 Å². The van der Waals surface area contributed by atoms with Crippen LogP contribution in [0.5, 0.6) is 0 Å². The topological polar surface area (TPSA) is 30.7 Å². The predicted octanol–water partition coefficient (Wildman–Crippen LogP) is 3.78. The Morgan fingerprint density at radius 3 is 2.50 bits per heavy atom. The molecule has 2 aromatic rings. The Kier molecular flexibility index (Phi) is 2.31. The first kappa shape index (κ1) is 12.0. The number of aromatic nitrogens is 3. The molecule has 3 nitrogen and oxygen atoms in total. The van der Waals surface area contributed by atoms with E-state index >= 15 is 0 Å². The Balaban J connectivity index is 2.24. The smallest absolute Gasteiger partial charge is 0.125 e. The van der Waals surface area contributed by atoms with Gasteiger partial charge >= 0.3 is 0 Å². The van der Waals surface area contributed by atoms with Crippen LogP contribution in [0.1, 0.15) is 39.6 Å². The number of pyridine rings is 1. The fraction of sp³-hybridized carbons (Fsp3) is 0.571. The number of hydrogen-bond acceptors (Lipinski definition) is 2. The average molecular weight is 264 g/mol. The SMILES string of the molecule is CC1(C)C(n2c(CCl)nc3cnccc32)C1(C)C. The highest BCUT2D eigenvalue weighted by Crippen LogP contribution is 2.72. The molecule has 0 bridgehead atoms. The third-order valence-electron chi connectivity index (χ3n) is 4.89. The Morgan fingerprint density at radius 1 is 1.28 bits per heavy atom. The summed E-state index contributed by atoms with van der Waals surface area (Å²) in [4.78, 5) is 8.73. The van der Waals surface area contributed by atoms with E-state index in [1.165, 1.54) is 0 Å². The molecule has 96 valence electrons. The molecule has 0 unspecified atom stereocenters. The van der Waals surface area contributed by atoms with Gasteiger partial charge in [0.05, 0.1) is 17.6 Å². The first-order chi connectivity index (χ1) is 8.41. The fourth-order valence-electron chi connectivity index (χ4n) is 3.19. The number of fused-ring (bicyclic) bond motifs is 1. The highest BCUT2D eigenvalue weighted by Gasteiger charge is 2.66. The normalized spacial score (nSPS) is 21.4. The second-order valence-corrected chi connectivity index (χ2v) is 6.51. The molecule has 18 heavy (non-hydrogen) atoms. The van der Waals surface area contributed by atoms with E-state index < -0.39 is 0 Å². The minimum atomic E-state index is 0.269. The van der Waals surface area contributed by atoms with E-state index in [1.807, 2.05) is 18.5 Å². The van der Waals surface area contributed by atoms with Gasteiger partial charge in [-0.3, -0.25) is 4.98 Å². The van der Waals surface area contributed by atoms with Crippen LogP contribution in [0.4, 0.5) is 0 Å². The van der Waals surface area contributed by atoms with Crippen molar-refractivity contribution in [3.05, 3.63) is 24.3 Å². The molecule has 1 saturated carbocycles. The number of alkyl halides is 1. The monoisotopic (exact) mass is 263 g/mol.